The van der Waals surface area contributed by atoms with Crippen LogP contribution >= 0.6 is 0 Å². The van der Waals surface area contributed by atoms with Gasteiger partial charge in [-0.3, -0.25) is 9.59 Å². The van der Waals surface area contributed by atoms with E-state index in [1.807, 2.05) is 0 Å². The number of nitrogens with one attached hydrogen (secondary N) is 3. The Labute approximate surface area is 151 Å². The Morgan fingerprint density at radius 2 is 1.88 bits per heavy atom. The average molecular weight is 362 g/mol. The number of rotatable bonds is 5. The Kier molecular flexibility index (Phi) is 5.45. The smallest absolute Gasteiger partial charge is 0.315 e. The Bertz CT molecular complexity index is 708. The lowest BCUT2D eigenvalue weighted by Gasteiger charge is -2.22. The molecule has 3 rings (SSSR count). The molecule has 1 aromatic rings. The summed E-state index contributed by atoms with van der Waals surface area (Å²) >= 11 is 0. The van der Waals surface area contributed by atoms with Crippen LogP contribution in [-0.4, -0.2) is 56.7 Å². The van der Waals surface area contributed by atoms with Gasteiger partial charge in [0.2, 0.25) is 11.8 Å². The van der Waals surface area contributed by atoms with E-state index >= 15 is 0 Å². The van der Waals surface area contributed by atoms with Crippen molar-refractivity contribution in [1.29, 1.82) is 0 Å². The van der Waals surface area contributed by atoms with Crippen molar-refractivity contribution in [3.8, 4) is 11.5 Å². The maximum absolute atomic E-state index is 12.3. The zero-order valence-corrected chi connectivity index (χ0v) is 14.5. The Balaban J connectivity index is 1.52. The second-order valence-electron chi connectivity index (χ2n) is 6.12. The number of carbonyl (C=O) groups excluding carboxylic acids is 3. The van der Waals surface area contributed by atoms with E-state index in [1.54, 1.807) is 23.1 Å². The maximum Gasteiger partial charge on any atom is 0.315 e. The average Bonchev–Trinajstić information content (AvgIpc) is 2.98. The maximum atomic E-state index is 12.3. The molecule has 0 aromatic heterocycles. The van der Waals surface area contributed by atoms with E-state index in [9.17, 15) is 14.4 Å². The van der Waals surface area contributed by atoms with Gasteiger partial charge in [-0.25, -0.2) is 4.79 Å². The molecule has 2 heterocycles. The van der Waals surface area contributed by atoms with Crippen molar-refractivity contribution in [2.45, 2.75) is 19.4 Å². The van der Waals surface area contributed by atoms with Crippen LogP contribution in [0.2, 0.25) is 0 Å². The molecule has 26 heavy (non-hydrogen) atoms. The summed E-state index contributed by atoms with van der Waals surface area (Å²) in [6.45, 7) is 3.47. The monoisotopic (exact) mass is 362 g/mol. The van der Waals surface area contributed by atoms with Gasteiger partial charge < -0.3 is 30.3 Å². The third-order valence-corrected chi connectivity index (χ3v) is 4.08. The molecule has 0 spiro atoms. The predicted molar refractivity (Wildman–Crippen MR) is 93.4 cm³/mol. The molecule has 2 aliphatic rings. The van der Waals surface area contributed by atoms with Gasteiger partial charge in [0.05, 0.1) is 6.04 Å². The minimum Gasteiger partial charge on any atom is -0.486 e. The first-order chi connectivity index (χ1) is 12.5. The second kappa shape index (κ2) is 7.94. The van der Waals surface area contributed by atoms with Gasteiger partial charge in [0.25, 0.3) is 0 Å². The molecule has 0 radical (unpaired) electrons. The number of carbonyl (C=O) groups is 3. The fraction of sp³-hybridized carbons (Fsp3) is 0.471. The summed E-state index contributed by atoms with van der Waals surface area (Å²) in [5.41, 5.74) is 0.717. The summed E-state index contributed by atoms with van der Waals surface area (Å²) in [7, 11) is 0. The lowest BCUT2D eigenvalue weighted by molar-refractivity contribution is -0.119. The highest BCUT2D eigenvalue weighted by molar-refractivity contribution is 5.97. The Morgan fingerprint density at radius 1 is 1.15 bits per heavy atom. The van der Waals surface area contributed by atoms with Crippen LogP contribution in [0.15, 0.2) is 18.2 Å². The van der Waals surface area contributed by atoms with Crippen molar-refractivity contribution in [2.24, 2.45) is 0 Å². The zero-order valence-electron chi connectivity index (χ0n) is 14.5. The van der Waals surface area contributed by atoms with Crippen LogP contribution in [0.3, 0.4) is 0 Å². The van der Waals surface area contributed by atoms with Gasteiger partial charge in [-0.1, -0.05) is 0 Å². The minimum absolute atomic E-state index is 0.0646. The number of anilines is 1. The van der Waals surface area contributed by atoms with Gasteiger partial charge in [-0.15, -0.1) is 0 Å². The molecule has 3 N–H and O–H groups in total. The number of nitrogens with zero attached hydrogens (tertiary/aromatic N) is 1. The van der Waals surface area contributed by atoms with Crippen molar-refractivity contribution >= 4 is 23.5 Å². The molecular weight excluding hydrogens is 340 g/mol. The molecule has 0 saturated carbocycles. The van der Waals surface area contributed by atoms with E-state index in [0.29, 0.717) is 44.3 Å². The van der Waals surface area contributed by atoms with E-state index in [2.05, 4.69) is 16.0 Å². The van der Waals surface area contributed by atoms with Crippen LogP contribution in [-0.2, 0) is 9.59 Å². The first-order valence-electron chi connectivity index (χ1n) is 8.52. The standard InChI is InChI=1S/C17H22N4O5/c1-11(22)18-4-5-19-17(24)20-12-8-16(23)21(10-12)13-2-3-14-15(9-13)26-7-6-25-14/h2-3,9,12H,4-8,10H2,1H3,(H,18,22)(H2,19,20,24)/t12-/m0/s1. The van der Waals surface area contributed by atoms with Gasteiger partial charge in [0.15, 0.2) is 11.5 Å². The van der Waals surface area contributed by atoms with Gasteiger partial charge in [0, 0.05) is 44.7 Å². The molecule has 9 nitrogen and oxygen atoms in total. The summed E-state index contributed by atoms with van der Waals surface area (Å²) in [5, 5.41) is 8.01. The van der Waals surface area contributed by atoms with Crippen LogP contribution in [0.25, 0.3) is 0 Å². The van der Waals surface area contributed by atoms with Crippen molar-refractivity contribution in [1.82, 2.24) is 16.0 Å². The number of amides is 4. The fourth-order valence-electron chi connectivity index (χ4n) is 2.90. The van der Waals surface area contributed by atoms with Crippen LogP contribution in [0.1, 0.15) is 13.3 Å². The molecule has 1 saturated heterocycles. The quantitative estimate of drug-likeness (QED) is 0.639. The molecule has 1 aromatic carbocycles. The highest BCUT2D eigenvalue weighted by Crippen LogP contribution is 2.35. The topological polar surface area (TPSA) is 109 Å². The third kappa shape index (κ3) is 4.35. The zero-order chi connectivity index (χ0) is 18.5. The van der Waals surface area contributed by atoms with Crippen molar-refractivity contribution < 1.29 is 23.9 Å². The van der Waals surface area contributed by atoms with Crippen molar-refractivity contribution in [3.05, 3.63) is 18.2 Å². The molecule has 9 heteroatoms. The molecule has 1 fully saturated rings. The summed E-state index contributed by atoms with van der Waals surface area (Å²) < 4.78 is 11.0. The summed E-state index contributed by atoms with van der Waals surface area (Å²) in [6, 6.07) is 4.73. The van der Waals surface area contributed by atoms with Crippen LogP contribution in [0.4, 0.5) is 10.5 Å². The van der Waals surface area contributed by atoms with Crippen molar-refractivity contribution in [3.63, 3.8) is 0 Å². The van der Waals surface area contributed by atoms with Gasteiger partial charge >= 0.3 is 6.03 Å². The summed E-state index contributed by atoms with van der Waals surface area (Å²) in [5.74, 6) is 1.07. The Hall–Kier alpha value is -2.97. The van der Waals surface area contributed by atoms with E-state index in [-0.39, 0.29) is 30.3 Å². The molecule has 0 aliphatic carbocycles. The van der Waals surface area contributed by atoms with Crippen LogP contribution in [0, 0.1) is 0 Å². The largest absolute Gasteiger partial charge is 0.486 e. The molecule has 4 amide bonds. The van der Waals surface area contributed by atoms with E-state index < -0.39 is 0 Å². The molecule has 1 atom stereocenters. The minimum atomic E-state index is -0.364. The number of benzene rings is 1. The molecule has 2 aliphatic heterocycles. The normalized spacial score (nSPS) is 18.4. The molecule has 0 unspecified atom stereocenters. The van der Waals surface area contributed by atoms with Gasteiger partial charge in [-0.05, 0) is 12.1 Å². The number of ether oxygens (including phenoxy) is 2. The number of urea groups is 1. The Morgan fingerprint density at radius 3 is 2.65 bits per heavy atom. The van der Waals surface area contributed by atoms with Gasteiger partial charge in [-0.2, -0.15) is 0 Å². The lowest BCUT2D eigenvalue weighted by Crippen LogP contribution is -2.45. The fourth-order valence-corrected chi connectivity index (χ4v) is 2.90. The second-order valence-corrected chi connectivity index (χ2v) is 6.12. The molecule has 140 valence electrons. The number of hydrogen-bond acceptors (Lipinski definition) is 5. The molecular formula is C17H22N4O5. The highest BCUT2D eigenvalue weighted by atomic mass is 16.6. The molecule has 0 bridgehead atoms. The number of hydrogen-bond donors (Lipinski definition) is 3. The lowest BCUT2D eigenvalue weighted by atomic mass is 10.2. The first-order valence-corrected chi connectivity index (χ1v) is 8.52. The van der Waals surface area contributed by atoms with Crippen LogP contribution < -0.4 is 30.3 Å². The predicted octanol–water partition coefficient (Wildman–Crippen LogP) is -0.00160. The first kappa shape index (κ1) is 17.8. The van der Waals surface area contributed by atoms with Crippen molar-refractivity contribution in [2.75, 3.05) is 37.7 Å². The SMILES string of the molecule is CC(=O)NCCNC(=O)N[C@H]1CC(=O)N(c2ccc3c(c2)OCCO3)C1. The summed E-state index contributed by atoms with van der Waals surface area (Å²) in [6.07, 6.45) is 0.230. The van der Waals surface area contributed by atoms with E-state index in [0.717, 1.165) is 5.69 Å². The summed E-state index contributed by atoms with van der Waals surface area (Å²) in [4.78, 5) is 36.6. The van der Waals surface area contributed by atoms with Crippen LogP contribution in [0.5, 0.6) is 11.5 Å². The van der Waals surface area contributed by atoms with Gasteiger partial charge in [0.1, 0.15) is 13.2 Å². The highest BCUT2D eigenvalue weighted by Gasteiger charge is 2.32. The number of fused-ring (bicyclic) bond motifs is 1. The van der Waals surface area contributed by atoms with E-state index in [4.69, 9.17) is 9.47 Å². The van der Waals surface area contributed by atoms with E-state index in [1.165, 1.54) is 6.92 Å². The third-order valence-electron chi connectivity index (χ3n) is 4.08.